The fourth-order valence-corrected chi connectivity index (χ4v) is 3.51. The van der Waals surface area contributed by atoms with Crippen molar-refractivity contribution in [1.82, 2.24) is 20.6 Å². The van der Waals surface area contributed by atoms with Gasteiger partial charge >= 0.3 is 0 Å². The molecule has 0 saturated heterocycles. The third-order valence-corrected chi connectivity index (χ3v) is 5.42. The minimum Gasteiger partial charge on any atom is -0.392 e. The molecule has 1 unspecified atom stereocenters. The lowest BCUT2D eigenvalue weighted by Gasteiger charge is -2.21. The SMILES string of the molecule is CC/C(N/C(C=N)=C/NC)=C(/C(C)=O)c1cc(-c2cnccc2C)ncc1C(C)CC. The molecule has 0 radical (unpaired) electrons. The molecule has 164 valence electrons. The van der Waals surface area contributed by atoms with Crippen LogP contribution in [-0.2, 0) is 4.79 Å². The Labute approximate surface area is 185 Å². The van der Waals surface area contributed by atoms with Gasteiger partial charge < -0.3 is 16.0 Å². The first-order valence-electron chi connectivity index (χ1n) is 10.7. The van der Waals surface area contributed by atoms with E-state index in [1.54, 1.807) is 26.4 Å². The van der Waals surface area contributed by atoms with Crippen molar-refractivity contribution in [1.29, 1.82) is 5.41 Å². The highest BCUT2D eigenvalue weighted by atomic mass is 16.1. The molecule has 2 aromatic rings. The number of nitrogens with zero attached hydrogens (tertiary/aromatic N) is 2. The van der Waals surface area contributed by atoms with E-state index < -0.39 is 0 Å². The molecule has 0 aliphatic heterocycles. The van der Waals surface area contributed by atoms with Crippen molar-refractivity contribution >= 4 is 17.6 Å². The van der Waals surface area contributed by atoms with Gasteiger partial charge in [-0.2, -0.15) is 0 Å². The molecule has 0 aliphatic carbocycles. The number of hydrogen-bond acceptors (Lipinski definition) is 6. The van der Waals surface area contributed by atoms with Crippen LogP contribution in [0, 0.1) is 12.3 Å². The number of nitrogens with one attached hydrogen (secondary N) is 3. The Hall–Kier alpha value is -3.28. The van der Waals surface area contributed by atoms with Crippen molar-refractivity contribution in [3.63, 3.8) is 0 Å². The molecule has 0 spiro atoms. The summed E-state index contributed by atoms with van der Waals surface area (Å²) in [6.07, 6.45) is 9.95. The molecule has 2 rings (SSSR count). The number of allylic oxidation sites excluding steroid dienone is 3. The Kier molecular flexibility index (Phi) is 8.67. The summed E-state index contributed by atoms with van der Waals surface area (Å²) in [6.45, 7) is 9.90. The summed E-state index contributed by atoms with van der Waals surface area (Å²) in [4.78, 5) is 21.9. The van der Waals surface area contributed by atoms with Crippen molar-refractivity contribution in [3.05, 3.63) is 65.0 Å². The zero-order valence-corrected chi connectivity index (χ0v) is 19.3. The fraction of sp³-hybridized carbons (Fsp3) is 0.360. The van der Waals surface area contributed by atoms with E-state index in [1.165, 1.54) is 6.21 Å². The van der Waals surface area contributed by atoms with E-state index in [0.29, 0.717) is 17.7 Å². The molecule has 0 bridgehead atoms. The molecule has 31 heavy (non-hydrogen) atoms. The molecule has 3 N–H and O–H groups in total. The quantitative estimate of drug-likeness (QED) is 0.373. The lowest BCUT2D eigenvalue weighted by atomic mass is 9.87. The molecule has 1 atom stereocenters. The van der Waals surface area contributed by atoms with Crippen LogP contribution in [0.5, 0.6) is 0 Å². The average molecular weight is 420 g/mol. The topological polar surface area (TPSA) is 90.8 Å². The highest BCUT2D eigenvalue weighted by Gasteiger charge is 2.21. The third kappa shape index (κ3) is 5.66. The van der Waals surface area contributed by atoms with Crippen LogP contribution < -0.4 is 10.6 Å². The molecule has 2 heterocycles. The molecule has 0 fully saturated rings. The zero-order valence-electron chi connectivity index (χ0n) is 19.3. The number of ketones is 1. The number of rotatable bonds is 10. The number of Topliss-reactive ketones (excluding diaryl/α,β-unsaturated/α-hetero) is 1. The van der Waals surface area contributed by atoms with Crippen molar-refractivity contribution in [2.45, 2.75) is 53.4 Å². The maximum Gasteiger partial charge on any atom is 0.162 e. The monoisotopic (exact) mass is 419 g/mol. The van der Waals surface area contributed by atoms with Crippen molar-refractivity contribution < 1.29 is 4.79 Å². The van der Waals surface area contributed by atoms with Gasteiger partial charge in [0, 0.05) is 54.9 Å². The summed E-state index contributed by atoms with van der Waals surface area (Å²) in [6, 6.07) is 3.96. The van der Waals surface area contributed by atoms with E-state index in [0.717, 1.165) is 40.1 Å². The maximum absolute atomic E-state index is 12.9. The number of carbonyl (C=O) groups excluding carboxylic acids is 1. The van der Waals surface area contributed by atoms with Gasteiger partial charge in [-0.15, -0.1) is 0 Å². The van der Waals surface area contributed by atoms with E-state index in [1.807, 2.05) is 38.4 Å². The normalized spacial score (nSPS) is 13.3. The first-order chi connectivity index (χ1) is 14.9. The van der Waals surface area contributed by atoms with Crippen LogP contribution in [-0.4, -0.2) is 29.0 Å². The Bertz CT molecular complexity index is 1010. The van der Waals surface area contributed by atoms with Crippen LogP contribution in [0.2, 0.25) is 0 Å². The van der Waals surface area contributed by atoms with Crippen LogP contribution in [0.3, 0.4) is 0 Å². The Morgan fingerprint density at radius 3 is 2.58 bits per heavy atom. The van der Waals surface area contributed by atoms with E-state index in [-0.39, 0.29) is 11.7 Å². The van der Waals surface area contributed by atoms with E-state index in [9.17, 15) is 4.79 Å². The minimum atomic E-state index is -0.0252. The van der Waals surface area contributed by atoms with Crippen LogP contribution in [0.4, 0.5) is 0 Å². The van der Waals surface area contributed by atoms with Gasteiger partial charge in [-0.25, -0.2) is 0 Å². The van der Waals surface area contributed by atoms with Gasteiger partial charge in [-0.05, 0) is 61.4 Å². The van der Waals surface area contributed by atoms with E-state index >= 15 is 0 Å². The van der Waals surface area contributed by atoms with Gasteiger partial charge in [0.05, 0.1) is 11.4 Å². The van der Waals surface area contributed by atoms with Crippen LogP contribution in [0.25, 0.3) is 16.8 Å². The highest BCUT2D eigenvalue weighted by Crippen LogP contribution is 2.33. The van der Waals surface area contributed by atoms with Crippen molar-refractivity contribution in [3.8, 4) is 11.3 Å². The van der Waals surface area contributed by atoms with Gasteiger partial charge in [-0.1, -0.05) is 20.8 Å². The Balaban J connectivity index is 2.80. The summed E-state index contributed by atoms with van der Waals surface area (Å²) in [5.74, 6) is 0.219. The molecule has 2 aromatic heterocycles. The number of carbonyl (C=O) groups is 1. The van der Waals surface area contributed by atoms with Crippen molar-refractivity contribution in [2.24, 2.45) is 0 Å². The predicted octanol–water partition coefficient (Wildman–Crippen LogP) is 4.98. The Morgan fingerprint density at radius 1 is 1.29 bits per heavy atom. The zero-order chi connectivity index (χ0) is 23.0. The van der Waals surface area contributed by atoms with Gasteiger partial charge in [0.1, 0.15) is 0 Å². The minimum absolute atomic E-state index is 0.0252. The van der Waals surface area contributed by atoms with Crippen LogP contribution >= 0.6 is 0 Å². The number of hydrogen-bond donors (Lipinski definition) is 3. The Morgan fingerprint density at radius 2 is 2.03 bits per heavy atom. The van der Waals surface area contributed by atoms with Crippen LogP contribution in [0.15, 0.2) is 48.3 Å². The lowest BCUT2D eigenvalue weighted by Crippen LogP contribution is -2.20. The summed E-state index contributed by atoms with van der Waals surface area (Å²) < 4.78 is 0. The number of pyridine rings is 2. The first kappa shape index (κ1) is 24.0. The smallest absolute Gasteiger partial charge is 0.162 e. The van der Waals surface area contributed by atoms with E-state index in [2.05, 4.69) is 29.5 Å². The second-order valence-electron chi connectivity index (χ2n) is 7.58. The first-order valence-corrected chi connectivity index (χ1v) is 10.7. The molecule has 0 aliphatic rings. The van der Waals surface area contributed by atoms with E-state index in [4.69, 9.17) is 10.4 Å². The summed E-state index contributed by atoms with van der Waals surface area (Å²) in [5.41, 5.74) is 6.74. The molecule has 0 amide bonds. The highest BCUT2D eigenvalue weighted by molar-refractivity contribution is 6.21. The molecule has 0 aromatic carbocycles. The molecule has 6 heteroatoms. The predicted molar refractivity (Wildman–Crippen MR) is 128 cm³/mol. The second kappa shape index (κ2) is 11.2. The summed E-state index contributed by atoms with van der Waals surface area (Å²) >= 11 is 0. The van der Waals surface area contributed by atoms with Gasteiger partial charge in [-0.3, -0.25) is 14.8 Å². The van der Waals surface area contributed by atoms with Crippen molar-refractivity contribution in [2.75, 3.05) is 7.05 Å². The standard InChI is InChI=1S/C25H33N5O/c1-7-16(3)21-15-29-24(22-14-28-10-9-17(22)4)11-20(21)25(18(5)31)23(8-2)30-19(12-26)13-27-6/h9-16,26-27,30H,7-8H2,1-6H3/b19-13+,25-23+,26-12?. The molecule has 6 nitrogen and oxygen atoms in total. The molecule has 0 saturated carbocycles. The van der Waals surface area contributed by atoms with Gasteiger partial charge in [0.15, 0.2) is 5.78 Å². The average Bonchev–Trinajstić information content (AvgIpc) is 2.77. The van der Waals surface area contributed by atoms with Crippen LogP contribution in [0.1, 0.15) is 63.1 Å². The fourth-order valence-electron chi connectivity index (χ4n) is 3.51. The maximum atomic E-state index is 12.9. The largest absolute Gasteiger partial charge is 0.392 e. The van der Waals surface area contributed by atoms with Gasteiger partial charge in [0.25, 0.3) is 0 Å². The van der Waals surface area contributed by atoms with Gasteiger partial charge in [0.2, 0.25) is 0 Å². The number of aryl methyl sites for hydroxylation is 1. The lowest BCUT2D eigenvalue weighted by molar-refractivity contribution is -0.111. The third-order valence-electron chi connectivity index (χ3n) is 5.42. The molecular weight excluding hydrogens is 386 g/mol. The summed E-state index contributed by atoms with van der Waals surface area (Å²) in [7, 11) is 1.78. The number of aromatic nitrogens is 2. The molecular formula is C25H33N5O. The summed E-state index contributed by atoms with van der Waals surface area (Å²) in [5, 5.41) is 13.9. The second-order valence-corrected chi connectivity index (χ2v) is 7.58.